The zero-order valence-electron chi connectivity index (χ0n) is 18.5. The molecule has 33 heavy (non-hydrogen) atoms. The molecule has 6 nitrogen and oxygen atoms in total. The molecular formula is C25H24BrN5OS. The number of benzene rings is 1. The molecule has 1 aliphatic heterocycles. The van der Waals surface area contributed by atoms with E-state index in [0.717, 1.165) is 57.8 Å². The second kappa shape index (κ2) is 8.34. The van der Waals surface area contributed by atoms with Crippen LogP contribution in [-0.2, 0) is 11.8 Å². The fourth-order valence-electron chi connectivity index (χ4n) is 5.23. The van der Waals surface area contributed by atoms with Crippen LogP contribution in [0.3, 0.4) is 0 Å². The van der Waals surface area contributed by atoms with Crippen LogP contribution in [0, 0.1) is 12.8 Å². The Balaban J connectivity index is 1.65. The van der Waals surface area contributed by atoms with Gasteiger partial charge in [-0.25, -0.2) is 4.68 Å². The van der Waals surface area contributed by atoms with Gasteiger partial charge in [0.2, 0.25) is 0 Å². The molecule has 4 aromatic heterocycles. The minimum absolute atomic E-state index is 0.212. The molecule has 0 aliphatic carbocycles. The van der Waals surface area contributed by atoms with Crippen LogP contribution in [0.25, 0.3) is 32.5 Å². The van der Waals surface area contributed by atoms with Crippen molar-refractivity contribution in [2.24, 2.45) is 13.0 Å². The Labute approximate surface area is 204 Å². The Bertz CT molecular complexity index is 1430. The minimum Gasteiger partial charge on any atom is -0.381 e. The van der Waals surface area contributed by atoms with Gasteiger partial charge in [-0.05, 0) is 59.3 Å². The second-order valence-electron chi connectivity index (χ2n) is 8.68. The molecule has 1 aromatic carbocycles. The van der Waals surface area contributed by atoms with Gasteiger partial charge in [0.1, 0.15) is 4.83 Å². The molecule has 0 N–H and O–H groups in total. The first-order chi connectivity index (χ1) is 16.1. The van der Waals surface area contributed by atoms with Crippen LogP contribution < -0.4 is 0 Å². The van der Waals surface area contributed by atoms with Gasteiger partial charge in [-0.3, -0.25) is 4.98 Å². The highest BCUT2D eigenvalue weighted by molar-refractivity contribution is 9.11. The average molecular weight is 522 g/mol. The Morgan fingerprint density at radius 1 is 1.15 bits per heavy atom. The van der Waals surface area contributed by atoms with Crippen molar-refractivity contribution in [2.45, 2.75) is 25.8 Å². The van der Waals surface area contributed by atoms with Crippen molar-refractivity contribution in [1.29, 1.82) is 0 Å². The topological polar surface area (TPSA) is 57.8 Å². The van der Waals surface area contributed by atoms with Gasteiger partial charge in [0.05, 0.1) is 32.2 Å². The van der Waals surface area contributed by atoms with Gasteiger partial charge in [-0.1, -0.05) is 35.5 Å². The minimum atomic E-state index is 0.212. The fourth-order valence-corrected chi connectivity index (χ4v) is 6.86. The molecule has 0 saturated carbocycles. The molecule has 8 heteroatoms. The van der Waals surface area contributed by atoms with Crippen LogP contribution in [0.2, 0.25) is 0 Å². The molecule has 0 spiro atoms. The number of hydrogen-bond acceptors (Lipinski definition) is 5. The van der Waals surface area contributed by atoms with Gasteiger partial charge < -0.3 is 9.30 Å². The average Bonchev–Trinajstić information content (AvgIpc) is 3.47. The van der Waals surface area contributed by atoms with E-state index in [1.165, 1.54) is 15.8 Å². The summed E-state index contributed by atoms with van der Waals surface area (Å²) in [6, 6.07) is 15.6. The quantitative estimate of drug-likeness (QED) is 0.285. The Morgan fingerprint density at radius 2 is 1.94 bits per heavy atom. The normalized spacial score (nSPS) is 16.1. The first-order valence-corrected chi connectivity index (χ1v) is 12.8. The van der Waals surface area contributed by atoms with Crippen LogP contribution >= 0.6 is 27.3 Å². The molecular weight excluding hydrogens is 498 g/mol. The smallest absolute Gasteiger partial charge is 0.107 e. The molecule has 6 rings (SSSR count). The molecule has 168 valence electrons. The van der Waals surface area contributed by atoms with E-state index >= 15 is 0 Å². The summed E-state index contributed by atoms with van der Waals surface area (Å²) in [5.41, 5.74) is 6.47. The number of pyridine rings is 1. The monoisotopic (exact) mass is 521 g/mol. The summed E-state index contributed by atoms with van der Waals surface area (Å²) < 4.78 is 11.2. The van der Waals surface area contributed by atoms with Crippen molar-refractivity contribution in [3.05, 3.63) is 63.7 Å². The van der Waals surface area contributed by atoms with E-state index < -0.39 is 0 Å². The summed E-state index contributed by atoms with van der Waals surface area (Å²) in [4.78, 5) is 6.23. The van der Waals surface area contributed by atoms with Gasteiger partial charge in [0, 0.05) is 37.4 Å². The maximum atomic E-state index is 5.73. The highest BCUT2D eigenvalue weighted by atomic mass is 79.9. The molecule has 0 amide bonds. The number of thiophene rings is 1. The molecule has 1 aliphatic rings. The molecule has 1 atom stereocenters. The molecule has 5 heterocycles. The predicted octanol–water partition coefficient (Wildman–Crippen LogP) is 6.13. The molecule has 1 unspecified atom stereocenters. The standard InChI is InChI=1S/C25H24BrN5OS/c1-15-23(30(2)29-28-15)18-12-20-22(27-14-18)19-13-21(26)33-25(19)31(20)24(16-6-4-3-5-7-16)17-8-10-32-11-9-17/h3-7,12-14,17,24H,8-11H2,1-2H3. The molecule has 0 radical (unpaired) electrons. The lowest BCUT2D eigenvalue weighted by Gasteiger charge is -2.32. The molecule has 1 fully saturated rings. The van der Waals surface area contributed by atoms with E-state index in [-0.39, 0.29) is 6.04 Å². The van der Waals surface area contributed by atoms with Gasteiger partial charge in [0.25, 0.3) is 0 Å². The number of fused-ring (bicyclic) bond motifs is 3. The lowest BCUT2D eigenvalue weighted by molar-refractivity contribution is 0.0553. The van der Waals surface area contributed by atoms with E-state index in [4.69, 9.17) is 9.72 Å². The SMILES string of the molecule is Cc1nnn(C)c1-c1cnc2c3cc(Br)sc3n(C(c3ccccc3)C3CCOCC3)c2c1. The van der Waals surface area contributed by atoms with Gasteiger partial charge in [0.15, 0.2) is 0 Å². The lowest BCUT2D eigenvalue weighted by Crippen LogP contribution is -2.26. The summed E-state index contributed by atoms with van der Waals surface area (Å²) in [5.74, 6) is 0.490. The van der Waals surface area contributed by atoms with Crippen LogP contribution in [0.5, 0.6) is 0 Å². The number of rotatable bonds is 4. The highest BCUT2D eigenvalue weighted by Crippen LogP contribution is 2.44. The Morgan fingerprint density at radius 3 is 2.67 bits per heavy atom. The predicted molar refractivity (Wildman–Crippen MR) is 136 cm³/mol. The van der Waals surface area contributed by atoms with E-state index in [9.17, 15) is 0 Å². The van der Waals surface area contributed by atoms with Crippen molar-refractivity contribution >= 4 is 48.5 Å². The number of aryl methyl sites for hydroxylation is 2. The maximum Gasteiger partial charge on any atom is 0.107 e. The molecule has 5 aromatic rings. The van der Waals surface area contributed by atoms with Crippen LogP contribution in [0.1, 0.15) is 30.1 Å². The highest BCUT2D eigenvalue weighted by Gasteiger charge is 2.31. The third-order valence-electron chi connectivity index (χ3n) is 6.68. The number of ether oxygens (including phenoxy) is 1. The third kappa shape index (κ3) is 3.52. The summed E-state index contributed by atoms with van der Waals surface area (Å²) in [7, 11) is 1.93. The fraction of sp³-hybridized carbons (Fsp3) is 0.320. The number of hydrogen-bond donors (Lipinski definition) is 0. The number of halogens is 1. The first-order valence-electron chi connectivity index (χ1n) is 11.2. The van der Waals surface area contributed by atoms with E-state index in [0.29, 0.717) is 5.92 Å². The van der Waals surface area contributed by atoms with Gasteiger partial charge >= 0.3 is 0 Å². The molecule has 1 saturated heterocycles. The summed E-state index contributed by atoms with van der Waals surface area (Å²) >= 11 is 5.51. The largest absolute Gasteiger partial charge is 0.381 e. The second-order valence-corrected chi connectivity index (χ2v) is 11.1. The summed E-state index contributed by atoms with van der Waals surface area (Å²) in [5, 5.41) is 9.66. The zero-order valence-corrected chi connectivity index (χ0v) is 20.9. The van der Waals surface area contributed by atoms with Crippen LogP contribution in [0.15, 0.2) is 52.4 Å². The number of nitrogens with zero attached hydrogens (tertiary/aromatic N) is 5. The van der Waals surface area contributed by atoms with Crippen molar-refractivity contribution in [3.63, 3.8) is 0 Å². The summed E-state index contributed by atoms with van der Waals surface area (Å²) in [6.45, 7) is 3.62. The number of aromatic nitrogens is 5. The van der Waals surface area contributed by atoms with E-state index in [1.54, 1.807) is 11.3 Å². The first kappa shape index (κ1) is 21.0. The van der Waals surface area contributed by atoms with E-state index in [2.05, 4.69) is 73.3 Å². The van der Waals surface area contributed by atoms with Crippen molar-refractivity contribution in [3.8, 4) is 11.3 Å². The van der Waals surface area contributed by atoms with Crippen molar-refractivity contribution in [2.75, 3.05) is 13.2 Å². The van der Waals surface area contributed by atoms with E-state index in [1.807, 2.05) is 24.9 Å². The maximum absolute atomic E-state index is 5.73. The molecule has 0 bridgehead atoms. The van der Waals surface area contributed by atoms with Crippen LogP contribution in [0.4, 0.5) is 0 Å². The lowest BCUT2D eigenvalue weighted by atomic mass is 9.86. The van der Waals surface area contributed by atoms with Gasteiger partial charge in [-0.15, -0.1) is 16.4 Å². The Hall–Kier alpha value is -2.55. The zero-order chi connectivity index (χ0) is 22.5. The summed E-state index contributed by atoms with van der Waals surface area (Å²) in [6.07, 6.45) is 4.05. The third-order valence-corrected chi connectivity index (χ3v) is 8.32. The van der Waals surface area contributed by atoms with Crippen molar-refractivity contribution < 1.29 is 4.74 Å². The Kier molecular flexibility index (Phi) is 5.31. The van der Waals surface area contributed by atoms with Crippen LogP contribution in [-0.4, -0.2) is 37.8 Å². The van der Waals surface area contributed by atoms with Gasteiger partial charge in [-0.2, -0.15) is 0 Å². The van der Waals surface area contributed by atoms with Crippen molar-refractivity contribution in [1.82, 2.24) is 24.5 Å².